The number of halogens is 1. The number of aryl methyl sites for hydroxylation is 1. The zero-order chi connectivity index (χ0) is 13.1. The Morgan fingerprint density at radius 1 is 1.50 bits per heavy atom. The molecule has 3 heteroatoms. The van der Waals surface area contributed by atoms with Crippen molar-refractivity contribution >= 4 is 0 Å². The van der Waals surface area contributed by atoms with Gasteiger partial charge in [0.05, 0.1) is 12.7 Å². The molecular formula is C15H22FNO. The zero-order valence-corrected chi connectivity index (χ0v) is 11.4. The molecule has 18 heavy (non-hydrogen) atoms. The zero-order valence-electron chi connectivity index (χ0n) is 11.4. The Balaban J connectivity index is 2.26. The maximum absolute atomic E-state index is 13.5. The summed E-state index contributed by atoms with van der Waals surface area (Å²) in [6.45, 7) is 7.86. The summed E-state index contributed by atoms with van der Waals surface area (Å²) < 4.78 is 19.1. The Bertz CT molecular complexity index is 407. The molecule has 1 saturated heterocycles. The van der Waals surface area contributed by atoms with Gasteiger partial charge in [0, 0.05) is 12.0 Å². The molecule has 2 rings (SSSR count). The van der Waals surface area contributed by atoms with Crippen molar-refractivity contribution in [3.8, 4) is 0 Å². The highest BCUT2D eigenvalue weighted by atomic mass is 19.1. The average Bonchev–Trinajstić information content (AvgIpc) is 2.76. The van der Waals surface area contributed by atoms with Crippen molar-refractivity contribution in [3.63, 3.8) is 0 Å². The lowest BCUT2D eigenvalue weighted by atomic mass is 9.88. The fraction of sp³-hybridized carbons (Fsp3) is 0.600. The van der Waals surface area contributed by atoms with Gasteiger partial charge in [0.15, 0.2) is 0 Å². The smallest absolute Gasteiger partial charge is 0.123 e. The summed E-state index contributed by atoms with van der Waals surface area (Å²) in [5.74, 6) is 0.269. The number of ether oxygens (including phenoxy) is 1. The summed E-state index contributed by atoms with van der Waals surface area (Å²) in [5.41, 5.74) is 2.21. The quantitative estimate of drug-likeness (QED) is 0.887. The summed E-state index contributed by atoms with van der Waals surface area (Å²) in [6, 6.07) is 5.23. The van der Waals surface area contributed by atoms with E-state index in [4.69, 9.17) is 4.74 Å². The standard InChI is InChI=1S/C15H22FNO/c1-4-17-15(12-7-11(3)18-9-12)14-8-13(16)6-5-10(14)2/h5-6,8,11-12,15,17H,4,7,9H2,1-3H3. The normalized spacial score (nSPS) is 25.3. The third kappa shape index (κ3) is 2.90. The monoisotopic (exact) mass is 251 g/mol. The number of benzene rings is 1. The van der Waals surface area contributed by atoms with E-state index in [2.05, 4.69) is 19.2 Å². The fourth-order valence-corrected chi connectivity index (χ4v) is 2.78. The number of nitrogens with one attached hydrogen (secondary N) is 1. The van der Waals surface area contributed by atoms with Gasteiger partial charge in [-0.25, -0.2) is 4.39 Å². The van der Waals surface area contributed by atoms with Crippen molar-refractivity contribution in [2.45, 2.75) is 39.3 Å². The van der Waals surface area contributed by atoms with Crippen molar-refractivity contribution in [3.05, 3.63) is 35.1 Å². The van der Waals surface area contributed by atoms with Crippen LogP contribution in [0, 0.1) is 18.7 Å². The Labute approximate surface area is 109 Å². The second-order valence-corrected chi connectivity index (χ2v) is 5.18. The SMILES string of the molecule is CCNC(c1cc(F)ccc1C)C1COC(C)C1. The highest BCUT2D eigenvalue weighted by molar-refractivity contribution is 5.30. The molecule has 1 aromatic carbocycles. The molecule has 0 spiro atoms. The van der Waals surface area contributed by atoms with Gasteiger partial charge in [-0.05, 0) is 50.1 Å². The van der Waals surface area contributed by atoms with Crippen LogP contribution >= 0.6 is 0 Å². The van der Waals surface area contributed by atoms with E-state index in [1.807, 2.05) is 13.0 Å². The molecule has 1 fully saturated rings. The first-order chi connectivity index (χ1) is 8.61. The van der Waals surface area contributed by atoms with Crippen molar-refractivity contribution < 1.29 is 9.13 Å². The Morgan fingerprint density at radius 2 is 2.28 bits per heavy atom. The van der Waals surface area contributed by atoms with E-state index in [1.54, 1.807) is 6.07 Å². The first-order valence-corrected chi connectivity index (χ1v) is 6.72. The van der Waals surface area contributed by atoms with Crippen molar-refractivity contribution in [2.75, 3.05) is 13.2 Å². The molecule has 0 aromatic heterocycles. The van der Waals surface area contributed by atoms with E-state index in [0.717, 1.165) is 30.7 Å². The molecule has 0 amide bonds. The Kier molecular flexibility index (Phi) is 4.36. The number of hydrogen-bond donors (Lipinski definition) is 1. The molecule has 2 nitrogen and oxygen atoms in total. The minimum atomic E-state index is -0.162. The van der Waals surface area contributed by atoms with Crippen LogP contribution in [0.3, 0.4) is 0 Å². The fourth-order valence-electron chi connectivity index (χ4n) is 2.78. The van der Waals surface area contributed by atoms with Gasteiger partial charge in [0.2, 0.25) is 0 Å². The molecule has 0 radical (unpaired) electrons. The lowest BCUT2D eigenvalue weighted by molar-refractivity contribution is 0.117. The molecule has 0 aliphatic carbocycles. The van der Waals surface area contributed by atoms with E-state index < -0.39 is 0 Å². The predicted octanol–water partition coefficient (Wildman–Crippen LogP) is 3.21. The van der Waals surface area contributed by atoms with Crippen LogP contribution in [0.4, 0.5) is 4.39 Å². The van der Waals surface area contributed by atoms with E-state index in [1.165, 1.54) is 6.07 Å². The van der Waals surface area contributed by atoms with Crippen molar-refractivity contribution in [1.82, 2.24) is 5.32 Å². The first-order valence-electron chi connectivity index (χ1n) is 6.72. The lowest BCUT2D eigenvalue weighted by Gasteiger charge is -2.25. The van der Waals surface area contributed by atoms with Gasteiger partial charge in [-0.1, -0.05) is 13.0 Å². The van der Waals surface area contributed by atoms with Crippen molar-refractivity contribution in [1.29, 1.82) is 0 Å². The Hall–Kier alpha value is -0.930. The largest absolute Gasteiger partial charge is 0.378 e. The minimum absolute atomic E-state index is 0.162. The van der Waals surface area contributed by atoms with E-state index in [9.17, 15) is 4.39 Å². The maximum Gasteiger partial charge on any atom is 0.123 e. The molecule has 0 bridgehead atoms. The van der Waals surface area contributed by atoms with E-state index in [-0.39, 0.29) is 11.9 Å². The maximum atomic E-state index is 13.5. The summed E-state index contributed by atoms with van der Waals surface area (Å²) >= 11 is 0. The summed E-state index contributed by atoms with van der Waals surface area (Å²) in [6.07, 6.45) is 1.35. The van der Waals surface area contributed by atoms with Gasteiger partial charge < -0.3 is 10.1 Å². The molecule has 1 aromatic rings. The van der Waals surface area contributed by atoms with Crippen LogP contribution in [0.5, 0.6) is 0 Å². The van der Waals surface area contributed by atoms with E-state index in [0.29, 0.717) is 12.0 Å². The van der Waals surface area contributed by atoms with Gasteiger partial charge in [0.1, 0.15) is 5.82 Å². The van der Waals surface area contributed by atoms with Crippen LogP contribution in [0.1, 0.15) is 37.4 Å². The topological polar surface area (TPSA) is 21.3 Å². The highest BCUT2D eigenvalue weighted by Gasteiger charge is 2.31. The molecule has 100 valence electrons. The molecule has 0 saturated carbocycles. The average molecular weight is 251 g/mol. The second-order valence-electron chi connectivity index (χ2n) is 5.18. The van der Waals surface area contributed by atoms with Crippen molar-refractivity contribution in [2.24, 2.45) is 5.92 Å². The number of hydrogen-bond acceptors (Lipinski definition) is 2. The molecular weight excluding hydrogens is 229 g/mol. The summed E-state index contributed by atoms with van der Waals surface area (Å²) in [4.78, 5) is 0. The van der Waals surface area contributed by atoms with E-state index >= 15 is 0 Å². The summed E-state index contributed by atoms with van der Waals surface area (Å²) in [7, 11) is 0. The first kappa shape index (κ1) is 13.5. The molecule has 1 heterocycles. The molecule has 1 aliphatic heterocycles. The summed E-state index contributed by atoms with van der Waals surface area (Å²) in [5, 5.41) is 3.48. The van der Waals surface area contributed by atoms with Gasteiger partial charge >= 0.3 is 0 Å². The minimum Gasteiger partial charge on any atom is -0.378 e. The molecule has 1 N–H and O–H groups in total. The van der Waals surface area contributed by atoms with Gasteiger partial charge in [-0.15, -0.1) is 0 Å². The van der Waals surface area contributed by atoms with Crippen LogP contribution < -0.4 is 5.32 Å². The predicted molar refractivity (Wildman–Crippen MR) is 71.1 cm³/mol. The van der Waals surface area contributed by atoms with Gasteiger partial charge in [-0.2, -0.15) is 0 Å². The third-order valence-corrected chi connectivity index (χ3v) is 3.70. The molecule has 3 atom stereocenters. The highest BCUT2D eigenvalue weighted by Crippen LogP contribution is 2.33. The van der Waals surface area contributed by atoms with Gasteiger partial charge in [0.25, 0.3) is 0 Å². The lowest BCUT2D eigenvalue weighted by Crippen LogP contribution is -2.29. The van der Waals surface area contributed by atoms with Crippen LogP contribution in [0.25, 0.3) is 0 Å². The van der Waals surface area contributed by atoms with Crippen LogP contribution in [0.15, 0.2) is 18.2 Å². The third-order valence-electron chi connectivity index (χ3n) is 3.70. The number of rotatable bonds is 4. The molecule has 3 unspecified atom stereocenters. The second kappa shape index (κ2) is 5.81. The van der Waals surface area contributed by atoms with Crippen LogP contribution in [-0.2, 0) is 4.74 Å². The Morgan fingerprint density at radius 3 is 2.89 bits per heavy atom. The van der Waals surface area contributed by atoms with Crippen LogP contribution in [-0.4, -0.2) is 19.3 Å². The van der Waals surface area contributed by atoms with Gasteiger partial charge in [-0.3, -0.25) is 0 Å². The van der Waals surface area contributed by atoms with Crippen LogP contribution in [0.2, 0.25) is 0 Å². The molecule has 1 aliphatic rings.